The number of nitrogens with one attached hydrogen (secondary N) is 1. The van der Waals surface area contributed by atoms with Gasteiger partial charge in [0, 0.05) is 5.69 Å². The van der Waals surface area contributed by atoms with Gasteiger partial charge in [-0.1, -0.05) is 12.1 Å². The summed E-state index contributed by atoms with van der Waals surface area (Å²) in [6.07, 6.45) is 1.47. The highest BCUT2D eigenvalue weighted by Crippen LogP contribution is 2.34. The maximum Gasteiger partial charge on any atom is 0.343 e. The molecule has 0 radical (unpaired) electrons. The van der Waals surface area contributed by atoms with E-state index in [1.54, 1.807) is 18.2 Å². The lowest BCUT2D eigenvalue weighted by atomic mass is 10.1. The normalized spacial score (nSPS) is 10.7. The molecule has 1 amide bonds. The summed E-state index contributed by atoms with van der Waals surface area (Å²) in [7, 11) is 2.73. The van der Waals surface area contributed by atoms with Gasteiger partial charge in [-0.05, 0) is 77.4 Å². The van der Waals surface area contributed by atoms with E-state index in [0.29, 0.717) is 26.3 Å². The van der Waals surface area contributed by atoms with Gasteiger partial charge in [0.05, 0.1) is 17.8 Å². The van der Waals surface area contributed by atoms with Crippen molar-refractivity contribution in [2.24, 2.45) is 0 Å². The number of amides is 1. The standard InChI is InChI=1S/C22H21IN2O5/c1-13-6-5-7-18(14(13)2)25-22(27)16(11-24)8-15-9-17(23)21(19(10-15)28-3)30-12-20(26)29-4/h5-10H,12H2,1-4H3,(H,25,27)/b16-8+. The summed E-state index contributed by atoms with van der Waals surface area (Å²) in [5.41, 5.74) is 3.15. The molecule has 30 heavy (non-hydrogen) atoms. The Kier molecular flexibility index (Phi) is 8.24. The third kappa shape index (κ3) is 5.73. The maximum atomic E-state index is 12.6. The Morgan fingerprint density at radius 1 is 1.23 bits per heavy atom. The summed E-state index contributed by atoms with van der Waals surface area (Å²) in [6.45, 7) is 3.59. The van der Waals surface area contributed by atoms with E-state index in [9.17, 15) is 14.9 Å². The van der Waals surface area contributed by atoms with Gasteiger partial charge < -0.3 is 19.5 Å². The molecule has 2 aromatic carbocycles. The molecule has 0 heterocycles. The molecule has 0 aliphatic heterocycles. The van der Waals surface area contributed by atoms with Crippen LogP contribution >= 0.6 is 22.6 Å². The van der Waals surface area contributed by atoms with Gasteiger partial charge in [0.25, 0.3) is 5.91 Å². The number of halogens is 1. The van der Waals surface area contributed by atoms with E-state index in [1.807, 2.05) is 54.6 Å². The number of hydrogen-bond acceptors (Lipinski definition) is 6. The van der Waals surface area contributed by atoms with Gasteiger partial charge in [-0.25, -0.2) is 4.79 Å². The average molecular weight is 520 g/mol. The molecule has 156 valence electrons. The van der Waals surface area contributed by atoms with Gasteiger partial charge in [0.15, 0.2) is 18.1 Å². The Morgan fingerprint density at radius 2 is 1.97 bits per heavy atom. The van der Waals surface area contributed by atoms with Gasteiger partial charge in [-0.3, -0.25) is 4.79 Å². The molecule has 2 aromatic rings. The number of esters is 1. The lowest BCUT2D eigenvalue weighted by Gasteiger charge is -2.13. The van der Waals surface area contributed by atoms with E-state index in [0.717, 1.165) is 11.1 Å². The van der Waals surface area contributed by atoms with Crippen molar-refractivity contribution in [1.29, 1.82) is 5.26 Å². The molecule has 0 unspecified atom stereocenters. The zero-order valence-corrected chi connectivity index (χ0v) is 19.2. The van der Waals surface area contributed by atoms with Crippen LogP contribution < -0.4 is 14.8 Å². The van der Waals surface area contributed by atoms with E-state index in [2.05, 4.69) is 10.1 Å². The minimum Gasteiger partial charge on any atom is -0.493 e. The van der Waals surface area contributed by atoms with Crippen LogP contribution in [0.5, 0.6) is 11.5 Å². The van der Waals surface area contributed by atoms with Crippen LogP contribution in [0.3, 0.4) is 0 Å². The number of ether oxygens (including phenoxy) is 3. The molecule has 0 bridgehead atoms. The third-order valence-corrected chi connectivity index (χ3v) is 5.14. The smallest absolute Gasteiger partial charge is 0.343 e. The number of aryl methyl sites for hydroxylation is 1. The molecule has 0 saturated carbocycles. The topological polar surface area (TPSA) is 97.7 Å². The summed E-state index contributed by atoms with van der Waals surface area (Å²) < 4.78 is 16.0. The molecule has 7 nitrogen and oxygen atoms in total. The van der Waals surface area contributed by atoms with Crippen molar-refractivity contribution in [3.63, 3.8) is 0 Å². The number of rotatable bonds is 7. The van der Waals surface area contributed by atoms with E-state index >= 15 is 0 Å². The van der Waals surface area contributed by atoms with Crippen LogP contribution in [0.25, 0.3) is 6.08 Å². The van der Waals surface area contributed by atoms with Crippen molar-refractivity contribution in [3.8, 4) is 17.6 Å². The minimum absolute atomic E-state index is 0.0583. The number of hydrogen-bond donors (Lipinski definition) is 1. The molecule has 8 heteroatoms. The molecule has 0 aliphatic carbocycles. The second-order valence-corrected chi connectivity index (χ2v) is 7.43. The molecular weight excluding hydrogens is 499 g/mol. The Hall–Kier alpha value is -3.06. The number of nitrogens with zero attached hydrogens (tertiary/aromatic N) is 1. The highest BCUT2D eigenvalue weighted by atomic mass is 127. The Morgan fingerprint density at radius 3 is 2.60 bits per heavy atom. The molecule has 2 rings (SSSR count). The number of carbonyl (C=O) groups excluding carboxylic acids is 2. The maximum absolute atomic E-state index is 12.6. The first kappa shape index (κ1) is 23.2. The monoisotopic (exact) mass is 520 g/mol. The van der Waals surface area contributed by atoms with Gasteiger partial charge >= 0.3 is 5.97 Å². The minimum atomic E-state index is -0.522. The van der Waals surface area contributed by atoms with E-state index in [1.165, 1.54) is 20.3 Å². The first-order chi connectivity index (χ1) is 14.3. The summed E-state index contributed by atoms with van der Waals surface area (Å²) in [6, 6.07) is 10.9. The van der Waals surface area contributed by atoms with E-state index in [4.69, 9.17) is 9.47 Å². The second kappa shape index (κ2) is 10.6. The number of nitriles is 1. The van der Waals surface area contributed by atoms with Crippen LogP contribution in [0.1, 0.15) is 16.7 Å². The molecule has 0 saturated heterocycles. The highest BCUT2D eigenvalue weighted by Gasteiger charge is 2.16. The van der Waals surface area contributed by atoms with Gasteiger partial charge in [-0.15, -0.1) is 0 Å². The fourth-order valence-corrected chi connectivity index (χ4v) is 3.33. The summed E-state index contributed by atoms with van der Waals surface area (Å²) >= 11 is 2.03. The molecular formula is C22H21IN2O5. The van der Waals surface area contributed by atoms with Crippen LogP contribution in [0.4, 0.5) is 5.69 Å². The van der Waals surface area contributed by atoms with Crippen molar-refractivity contribution in [2.45, 2.75) is 13.8 Å². The van der Waals surface area contributed by atoms with Crippen molar-refractivity contribution in [3.05, 3.63) is 56.2 Å². The van der Waals surface area contributed by atoms with Crippen molar-refractivity contribution >= 4 is 46.2 Å². The average Bonchev–Trinajstić information content (AvgIpc) is 2.73. The molecule has 0 aliphatic rings. The number of carbonyl (C=O) groups is 2. The SMILES string of the molecule is COC(=O)COc1c(I)cc(/C=C(\C#N)C(=O)Nc2cccc(C)c2C)cc1OC. The van der Waals surface area contributed by atoms with E-state index in [-0.39, 0.29) is 12.2 Å². The number of methoxy groups -OCH3 is 2. The zero-order valence-electron chi connectivity index (χ0n) is 17.0. The molecule has 1 N–H and O–H groups in total. The quantitative estimate of drug-likeness (QED) is 0.257. The zero-order chi connectivity index (χ0) is 22.3. The number of anilines is 1. The fourth-order valence-electron chi connectivity index (χ4n) is 2.54. The predicted molar refractivity (Wildman–Crippen MR) is 121 cm³/mol. The van der Waals surface area contributed by atoms with Crippen LogP contribution in [-0.4, -0.2) is 32.7 Å². The predicted octanol–water partition coefficient (Wildman–Crippen LogP) is 4.01. The first-order valence-corrected chi connectivity index (χ1v) is 9.95. The third-order valence-electron chi connectivity index (χ3n) is 4.34. The molecule has 0 atom stereocenters. The van der Waals surface area contributed by atoms with Crippen LogP contribution in [0, 0.1) is 28.7 Å². The van der Waals surface area contributed by atoms with Gasteiger partial charge in [-0.2, -0.15) is 5.26 Å². The van der Waals surface area contributed by atoms with Crippen LogP contribution in [-0.2, 0) is 14.3 Å². The Bertz CT molecular complexity index is 1040. The van der Waals surface area contributed by atoms with Crippen molar-refractivity contribution in [1.82, 2.24) is 0 Å². The summed E-state index contributed by atoms with van der Waals surface area (Å²) in [5, 5.41) is 12.3. The molecule has 0 fully saturated rings. The molecule has 0 aromatic heterocycles. The van der Waals surface area contributed by atoms with Crippen LogP contribution in [0.15, 0.2) is 35.9 Å². The van der Waals surface area contributed by atoms with E-state index < -0.39 is 11.9 Å². The van der Waals surface area contributed by atoms with Crippen LogP contribution in [0.2, 0.25) is 0 Å². The van der Waals surface area contributed by atoms with Crippen molar-refractivity contribution < 1.29 is 23.8 Å². The van der Waals surface area contributed by atoms with Gasteiger partial charge in [0.1, 0.15) is 11.6 Å². The molecule has 0 spiro atoms. The lowest BCUT2D eigenvalue weighted by Crippen LogP contribution is -2.14. The van der Waals surface area contributed by atoms with Gasteiger partial charge in [0.2, 0.25) is 0 Å². The second-order valence-electron chi connectivity index (χ2n) is 6.27. The highest BCUT2D eigenvalue weighted by molar-refractivity contribution is 14.1. The first-order valence-electron chi connectivity index (χ1n) is 8.87. The number of benzene rings is 2. The summed E-state index contributed by atoms with van der Waals surface area (Å²) in [5.74, 6) is -0.291. The Balaban J connectivity index is 2.31. The summed E-state index contributed by atoms with van der Waals surface area (Å²) in [4.78, 5) is 24.0. The lowest BCUT2D eigenvalue weighted by molar-refractivity contribution is -0.142. The Labute approximate surface area is 188 Å². The fraction of sp³-hybridized carbons (Fsp3) is 0.227. The van der Waals surface area contributed by atoms with Crippen molar-refractivity contribution in [2.75, 3.05) is 26.1 Å². The largest absolute Gasteiger partial charge is 0.493 e.